The van der Waals surface area contributed by atoms with Gasteiger partial charge in [-0.2, -0.15) is 19.0 Å². The van der Waals surface area contributed by atoms with Crippen LogP contribution < -0.4 is 15.5 Å². The number of alkyl halides is 2. The molecule has 320 valence electrons. The van der Waals surface area contributed by atoms with Gasteiger partial charge >= 0.3 is 11.6 Å². The van der Waals surface area contributed by atoms with Crippen LogP contribution in [-0.4, -0.2) is 66.5 Å². The SMILES string of the molecule is CC[C@@H]([C@H](C)OCc1ccccc1)n1ncn(-c2ccc(N3CCN(c4ccc(-c5ccc(C(F)(F)C(O)(Cn6cccn6)c6ccc(F)cc6F)nc5)cc4)CC3)cc2)c1=O. The van der Waals surface area contributed by atoms with E-state index in [2.05, 4.69) is 25.0 Å². The standard InChI is InChI=1S/C47H46F4N8O3/c1-3-43(33(2)62-30-34-8-5-4-6-9-34)59-45(60)58(32-54-59)40-18-16-39(17-19-40)56-26-24-55(25-27-56)38-14-10-35(11-15-38)36-12-21-44(52-29-36)47(50,51)46(61,31-57-23-7-22-53-57)41-20-13-37(48)28-42(41)49/h4-23,28-29,32-33,43,61H,3,24-27,30-31H2,1-2H3/t33-,43-,46?/m0/s1. The van der Waals surface area contributed by atoms with Crippen LogP contribution in [0.3, 0.4) is 0 Å². The molecule has 7 aromatic rings. The third-order valence-corrected chi connectivity index (χ3v) is 11.6. The quantitative estimate of drug-likeness (QED) is 0.103. The summed E-state index contributed by atoms with van der Waals surface area (Å²) >= 11 is 0. The maximum atomic E-state index is 16.3. The molecule has 11 nitrogen and oxygen atoms in total. The predicted molar refractivity (Wildman–Crippen MR) is 228 cm³/mol. The molecule has 1 N–H and O–H groups in total. The smallest absolute Gasteiger partial charge is 0.350 e. The van der Waals surface area contributed by atoms with E-state index in [-0.39, 0.29) is 17.8 Å². The highest BCUT2D eigenvalue weighted by atomic mass is 19.3. The van der Waals surface area contributed by atoms with E-state index in [0.29, 0.717) is 24.7 Å². The van der Waals surface area contributed by atoms with Crippen molar-refractivity contribution in [1.82, 2.24) is 29.1 Å². The highest BCUT2D eigenvalue weighted by molar-refractivity contribution is 5.66. The van der Waals surface area contributed by atoms with Gasteiger partial charge in [0.1, 0.15) is 23.7 Å². The van der Waals surface area contributed by atoms with Crippen molar-refractivity contribution < 1.29 is 27.4 Å². The lowest BCUT2D eigenvalue weighted by Gasteiger charge is -2.37. The van der Waals surface area contributed by atoms with Crippen molar-refractivity contribution in [3.63, 3.8) is 0 Å². The fourth-order valence-electron chi connectivity index (χ4n) is 8.02. The van der Waals surface area contributed by atoms with Crippen LogP contribution in [0, 0.1) is 11.6 Å². The Morgan fingerprint density at radius 3 is 2.03 bits per heavy atom. The number of nitrogens with zero attached hydrogens (tertiary/aromatic N) is 8. The minimum atomic E-state index is -4.11. The van der Waals surface area contributed by atoms with E-state index < -0.39 is 41.0 Å². The number of pyridine rings is 1. The number of aromatic nitrogens is 6. The number of halogens is 4. The lowest BCUT2D eigenvalue weighted by molar-refractivity contribution is -0.207. The van der Waals surface area contributed by atoms with Gasteiger partial charge in [-0.25, -0.2) is 22.8 Å². The van der Waals surface area contributed by atoms with Crippen molar-refractivity contribution in [2.24, 2.45) is 0 Å². The molecule has 1 fully saturated rings. The Labute approximate surface area is 356 Å². The first-order valence-electron chi connectivity index (χ1n) is 20.5. The second-order valence-electron chi connectivity index (χ2n) is 15.4. The highest BCUT2D eigenvalue weighted by Crippen LogP contribution is 2.47. The predicted octanol–water partition coefficient (Wildman–Crippen LogP) is 8.13. The van der Waals surface area contributed by atoms with Crippen molar-refractivity contribution in [2.75, 3.05) is 36.0 Å². The maximum Gasteiger partial charge on any atom is 0.350 e. The highest BCUT2D eigenvalue weighted by Gasteiger charge is 2.57. The molecule has 3 atom stereocenters. The van der Waals surface area contributed by atoms with E-state index in [1.807, 2.05) is 92.7 Å². The summed E-state index contributed by atoms with van der Waals surface area (Å²) in [7, 11) is 0. The lowest BCUT2D eigenvalue weighted by atomic mass is 9.84. The second-order valence-corrected chi connectivity index (χ2v) is 15.4. The second kappa shape index (κ2) is 17.8. The van der Waals surface area contributed by atoms with Gasteiger partial charge in [0.05, 0.1) is 31.0 Å². The number of aliphatic hydroxyl groups is 1. The molecule has 0 bridgehead atoms. The summed E-state index contributed by atoms with van der Waals surface area (Å²) in [4.78, 5) is 22.1. The van der Waals surface area contributed by atoms with Crippen LogP contribution in [0.2, 0.25) is 0 Å². The van der Waals surface area contributed by atoms with Crippen molar-refractivity contribution in [2.45, 2.75) is 57.1 Å². The number of benzene rings is 4. The summed E-state index contributed by atoms with van der Waals surface area (Å²) in [6.07, 6.45) is 6.01. The first-order chi connectivity index (χ1) is 29.9. The van der Waals surface area contributed by atoms with Gasteiger partial charge in [-0.15, -0.1) is 0 Å². The van der Waals surface area contributed by atoms with Gasteiger partial charge in [-0.3, -0.25) is 9.67 Å². The van der Waals surface area contributed by atoms with E-state index in [1.54, 1.807) is 10.9 Å². The zero-order valence-electron chi connectivity index (χ0n) is 34.2. The molecule has 0 radical (unpaired) electrons. The minimum Gasteiger partial charge on any atom is -0.377 e. The Morgan fingerprint density at radius 1 is 0.790 bits per heavy atom. The molecule has 4 aromatic carbocycles. The third-order valence-electron chi connectivity index (χ3n) is 11.6. The van der Waals surface area contributed by atoms with Crippen molar-refractivity contribution >= 4 is 11.4 Å². The first kappa shape index (κ1) is 42.1. The molecule has 62 heavy (non-hydrogen) atoms. The van der Waals surface area contributed by atoms with Crippen LogP contribution in [0.5, 0.6) is 0 Å². The molecular formula is C47H46F4N8O3. The summed E-state index contributed by atoms with van der Waals surface area (Å²) in [5.41, 5.74) is 0.210. The summed E-state index contributed by atoms with van der Waals surface area (Å²) in [5, 5.41) is 19.9. The van der Waals surface area contributed by atoms with Crippen LogP contribution in [-0.2, 0) is 29.4 Å². The van der Waals surface area contributed by atoms with Gasteiger partial charge in [0.15, 0.2) is 5.60 Å². The average molecular weight is 847 g/mol. The van der Waals surface area contributed by atoms with Gasteiger partial charge in [-0.1, -0.05) is 55.5 Å². The fraction of sp³-hybridized carbons (Fsp3) is 0.277. The van der Waals surface area contributed by atoms with Crippen LogP contribution in [0.15, 0.2) is 145 Å². The molecule has 0 saturated carbocycles. The molecule has 1 unspecified atom stereocenters. The van der Waals surface area contributed by atoms with E-state index in [4.69, 9.17) is 4.74 Å². The van der Waals surface area contributed by atoms with Gasteiger partial charge in [0, 0.05) is 73.3 Å². The third kappa shape index (κ3) is 8.50. The average Bonchev–Trinajstić information content (AvgIpc) is 3.95. The molecule has 1 aliphatic rings. The summed E-state index contributed by atoms with van der Waals surface area (Å²) in [6, 6.07) is 31.5. The van der Waals surface area contributed by atoms with Crippen LogP contribution in [0.4, 0.5) is 28.9 Å². The van der Waals surface area contributed by atoms with E-state index in [1.165, 1.54) is 35.4 Å². The molecule has 8 rings (SSSR count). The van der Waals surface area contributed by atoms with Crippen LogP contribution >= 0.6 is 0 Å². The topological polar surface area (TPSA) is 106 Å². The largest absolute Gasteiger partial charge is 0.377 e. The Hall–Kier alpha value is -6.58. The number of anilines is 2. The lowest BCUT2D eigenvalue weighted by Crippen LogP contribution is -2.48. The zero-order valence-corrected chi connectivity index (χ0v) is 34.2. The zero-order chi connectivity index (χ0) is 43.4. The Morgan fingerprint density at radius 2 is 1.44 bits per heavy atom. The number of rotatable bonds is 15. The molecule has 1 aliphatic heterocycles. The summed E-state index contributed by atoms with van der Waals surface area (Å²) in [5.74, 6) is -6.39. The molecule has 1 saturated heterocycles. The summed E-state index contributed by atoms with van der Waals surface area (Å²) < 4.78 is 71.5. The van der Waals surface area contributed by atoms with Gasteiger partial charge < -0.3 is 19.6 Å². The van der Waals surface area contributed by atoms with Crippen LogP contribution in [0.25, 0.3) is 16.8 Å². The molecule has 0 aliphatic carbocycles. The summed E-state index contributed by atoms with van der Waals surface area (Å²) in [6.45, 7) is 6.69. The number of hydrogen-bond donors (Lipinski definition) is 1. The van der Waals surface area contributed by atoms with Crippen LogP contribution in [0.1, 0.15) is 43.1 Å². The molecule has 0 amide bonds. The van der Waals surface area contributed by atoms with E-state index in [9.17, 15) is 18.7 Å². The van der Waals surface area contributed by atoms with Gasteiger partial charge in [0.2, 0.25) is 0 Å². The number of ether oxygens (including phenoxy) is 1. The molecule has 15 heteroatoms. The van der Waals surface area contributed by atoms with E-state index >= 15 is 8.78 Å². The van der Waals surface area contributed by atoms with Gasteiger partial charge in [0.25, 0.3) is 0 Å². The monoisotopic (exact) mass is 846 g/mol. The Kier molecular flexibility index (Phi) is 12.1. The molecule has 0 spiro atoms. The van der Waals surface area contributed by atoms with Crippen molar-refractivity contribution in [1.29, 1.82) is 0 Å². The number of hydrogen-bond acceptors (Lipinski definition) is 8. The van der Waals surface area contributed by atoms with E-state index in [0.717, 1.165) is 77.2 Å². The normalized spacial score (nSPS) is 15.3. The number of piperazine rings is 1. The maximum absolute atomic E-state index is 16.3. The molecule has 3 aromatic heterocycles. The van der Waals surface area contributed by atoms with Crippen molar-refractivity contribution in [3.8, 4) is 16.8 Å². The minimum absolute atomic E-state index is 0.220. The fourth-order valence-corrected chi connectivity index (χ4v) is 8.02. The molecular weight excluding hydrogens is 801 g/mol. The first-order valence-corrected chi connectivity index (χ1v) is 20.5. The molecule has 4 heterocycles. The Bertz CT molecular complexity index is 2610. The van der Waals surface area contributed by atoms with Crippen molar-refractivity contribution in [3.05, 3.63) is 179 Å². The Balaban J connectivity index is 0.886. The van der Waals surface area contributed by atoms with Gasteiger partial charge in [-0.05, 0) is 85.1 Å².